The van der Waals surface area contributed by atoms with Crippen molar-refractivity contribution in [1.82, 2.24) is 4.98 Å². The summed E-state index contributed by atoms with van der Waals surface area (Å²) in [6, 6.07) is 3.38. The van der Waals surface area contributed by atoms with Gasteiger partial charge in [-0.1, -0.05) is 0 Å². The fraction of sp³-hybridized carbons (Fsp3) is 0.308. The highest BCUT2D eigenvalue weighted by Crippen LogP contribution is 2.29. The van der Waals surface area contributed by atoms with Crippen LogP contribution in [-0.4, -0.2) is 44.8 Å². The molecule has 23 heavy (non-hydrogen) atoms. The molecular weight excluding hydrogens is 308 g/mol. The van der Waals surface area contributed by atoms with Crippen LogP contribution < -0.4 is 10.6 Å². The minimum Gasteiger partial charge on any atom is -0.478 e. The van der Waals surface area contributed by atoms with Crippen molar-refractivity contribution in [3.05, 3.63) is 40.6 Å². The number of rotatable bonds is 4. The van der Waals surface area contributed by atoms with Crippen LogP contribution in [0.25, 0.3) is 0 Å². The number of aliphatic carboxylic acids is 2. The molecule has 1 fully saturated rings. The standard InChI is InChI=1S/C9H12N4O2.C4H4O4/c10-8-4-2-6-12(8)7-3-1-5-11-9(7)13(14)15;5-3(6)1-2-4(7)8/h1,3,5,8H,2,4,6,10H2;1-2H,(H,5,6)(H,7,8)/b;2-1+/t8-;/m0./s1. The molecule has 0 aromatic carbocycles. The van der Waals surface area contributed by atoms with Gasteiger partial charge >= 0.3 is 17.8 Å². The number of carboxylic acid groups (broad SMARTS) is 2. The Balaban J connectivity index is 0.000000284. The molecule has 1 saturated heterocycles. The SMILES string of the molecule is N[C@@H]1CCCN1c1cccnc1[N+](=O)[O-].O=C(O)/C=C/C(=O)O. The van der Waals surface area contributed by atoms with E-state index in [1.807, 2.05) is 4.90 Å². The van der Waals surface area contributed by atoms with E-state index >= 15 is 0 Å². The number of nitrogens with two attached hydrogens (primary N) is 1. The van der Waals surface area contributed by atoms with E-state index in [1.54, 1.807) is 12.1 Å². The van der Waals surface area contributed by atoms with E-state index in [0.717, 1.165) is 19.4 Å². The van der Waals surface area contributed by atoms with Crippen LogP contribution in [0.1, 0.15) is 12.8 Å². The number of nitrogens with zero attached hydrogens (tertiary/aromatic N) is 3. The molecule has 0 bridgehead atoms. The van der Waals surface area contributed by atoms with Crippen LogP contribution in [-0.2, 0) is 9.59 Å². The van der Waals surface area contributed by atoms with Gasteiger partial charge in [-0.15, -0.1) is 0 Å². The molecule has 0 unspecified atom stereocenters. The Morgan fingerprint density at radius 1 is 1.39 bits per heavy atom. The van der Waals surface area contributed by atoms with Crippen LogP contribution in [0.5, 0.6) is 0 Å². The number of carboxylic acids is 2. The van der Waals surface area contributed by atoms with Gasteiger partial charge in [0.25, 0.3) is 0 Å². The number of pyridine rings is 1. The topological polar surface area (TPSA) is 160 Å². The molecule has 2 heterocycles. The van der Waals surface area contributed by atoms with Crippen LogP contribution in [0, 0.1) is 10.1 Å². The highest BCUT2D eigenvalue weighted by atomic mass is 16.6. The van der Waals surface area contributed by atoms with Crippen molar-refractivity contribution >= 4 is 23.4 Å². The second-order valence-corrected chi connectivity index (χ2v) is 4.52. The van der Waals surface area contributed by atoms with Crippen molar-refractivity contribution in [2.45, 2.75) is 19.0 Å². The minimum atomic E-state index is -1.26. The molecule has 1 aromatic heterocycles. The van der Waals surface area contributed by atoms with Crippen molar-refractivity contribution < 1.29 is 24.7 Å². The van der Waals surface area contributed by atoms with Gasteiger partial charge in [-0.25, -0.2) is 9.59 Å². The first-order valence-corrected chi connectivity index (χ1v) is 6.58. The number of hydrogen-bond acceptors (Lipinski definition) is 7. The summed E-state index contributed by atoms with van der Waals surface area (Å²) in [4.78, 5) is 35.0. The molecule has 1 aliphatic heterocycles. The second kappa shape index (κ2) is 8.44. The van der Waals surface area contributed by atoms with Gasteiger partial charge in [0.2, 0.25) is 0 Å². The van der Waals surface area contributed by atoms with Crippen molar-refractivity contribution in [3.8, 4) is 0 Å². The maximum Gasteiger partial charge on any atom is 0.387 e. The Morgan fingerprint density at radius 3 is 2.43 bits per heavy atom. The predicted molar refractivity (Wildman–Crippen MR) is 79.9 cm³/mol. The van der Waals surface area contributed by atoms with E-state index in [4.69, 9.17) is 15.9 Å². The summed E-state index contributed by atoms with van der Waals surface area (Å²) < 4.78 is 0. The fourth-order valence-electron chi connectivity index (χ4n) is 1.99. The highest BCUT2D eigenvalue weighted by Gasteiger charge is 2.27. The summed E-state index contributed by atoms with van der Waals surface area (Å²) in [7, 11) is 0. The zero-order chi connectivity index (χ0) is 17.4. The Bertz CT molecular complexity index is 602. The van der Waals surface area contributed by atoms with E-state index in [-0.39, 0.29) is 12.0 Å². The molecule has 0 aliphatic carbocycles. The normalized spacial score (nSPS) is 16.7. The maximum atomic E-state index is 10.8. The molecule has 10 nitrogen and oxygen atoms in total. The lowest BCUT2D eigenvalue weighted by Crippen LogP contribution is -2.36. The van der Waals surface area contributed by atoms with Gasteiger partial charge in [0, 0.05) is 18.7 Å². The first kappa shape index (κ1) is 18.0. The summed E-state index contributed by atoms with van der Waals surface area (Å²) in [5.41, 5.74) is 6.38. The third kappa shape index (κ3) is 5.71. The second-order valence-electron chi connectivity index (χ2n) is 4.52. The summed E-state index contributed by atoms with van der Waals surface area (Å²) in [5.74, 6) is -2.63. The van der Waals surface area contributed by atoms with Crippen LogP contribution >= 0.6 is 0 Å². The van der Waals surface area contributed by atoms with E-state index in [1.165, 1.54) is 6.20 Å². The van der Waals surface area contributed by atoms with Gasteiger partial charge in [-0.3, -0.25) is 0 Å². The molecular formula is C13H16N4O6. The summed E-state index contributed by atoms with van der Waals surface area (Å²) in [6.07, 6.45) is 4.24. The summed E-state index contributed by atoms with van der Waals surface area (Å²) in [5, 5.41) is 26.4. The van der Waals surface area contributed by atoms with Gasteiger partial charge < -0.3 is 31.0 Å². The molecule has 2 rings (SSSR count). The molecule has 0 amide bonds. The molecule has 0 saturated carbocycles. The monoisotopic (exact) mass is 324 g/mol. The number of nitro groups is 1. The van der Waals surface area contributed by atoms with Gasteiger partial charge in [-0.05, 0) is 34.9 Å². The van der Waals surface area contributed by atoms with E-state index in [9.17, 15) is 19.7 Å². The van der Waals surface area contributed by atoms with Crippen LogP contribution in [0.4, 0.5) is 11.5 Å². The van der Waals surface area contributed by atoms with Gasteiger partial charge in [0.05, 0.1) is 6.17 Å². The molecule has 1 aromatic rings. The van der Waals surface area contributed by atoms with Crippen molar-refractivity contribution in [3.63, 3.8) is 0 Å². The van der Waals surface area contributed by atoms with Crippen LogP contribution in [0.15, 0.2) is 30.5 Å². The zero-order valence-electron chi connectivity index (χ0n) is 12.0. The van der Waals surface area contributed by atoms with Gasteiger partial charge in [0.1, 0.15) is 11.9 Å². The smallest absolute Gasteiger partial charge is 0.387 e. The number of hydrogen-bond donors (Lipinski definition) is 3. The molecule has 10 heteroatoms. The number of aromatic nitrogens is 1. The third-order valence-electron chi connectivity index (χ3n) is 2.92. The van der Waals surface area contributed by atoms with Crippen LogP contribution in [0.3, 0.4) is 0 Å². The summed E-state index contributed by atoms with van der Waals surface area (Å²) in [6.45, 7) is 0.758. The van der Waals surface area contributed by atoms with Gasteiger partial charge in [-0.2, -0.15) is 0 Å². The maximum absolute atomic E-state index is 10.8. The molecule has 4 N–H and O–H groups in total. The minimum absolute atomic E-state index is 0.116. The molecule has 0 spiro atoms. The Labute approximate surface area is 131 Å². The quantitative estimate of drug-likeness (QED) is 0.409. The molecule has 1 aliphatic rings. The van der Waals surface area contributed by atoms with E-state index in [2.05, 4.69) is 4.98 Å². The first-order chi connectivity index (χ1) is 10.8. The lowest BCUT2D eigenvalue weighted by atomic mass is 10.3. The average Bonchev–Trinajstić information content (AvgIpc) is 2.92. The van der Waals surface area contributed by atoms with Crippen molar-refractivity contribution in [2.24, 2.45) is 5.73 Å². The first-order valence-electron chi connectivity index (χ1n) is 6.58. The largest absolute Gasteiger partial charge is 0.478 e. The lowest BCUT2D eigenvalue weighted by molar-refractivity contribution is -0.388. The average molecular weight is 324 g/mol. The predicted octanol–water partition coefficient (Wildman–Crippen LogP) is 0.587. The van der Waals surface area contributed by atoms with Crippen molar-refractivity contribution in [1.29, 1.82) is 0 Å². The lowest BCUT2D eigenvalue weighted by Gasteiger charge is -2.22. The number of anilines is 1. The zero-order valence-corrected chi connectivity index (χ0v) is 12.0. The Morgan fingerprint density at radius 2 is 2.00 bits per heavy atom. The molecule has 1 atom stereocenters. The molecule has 0 radical (unpaired) electrons. The van der Waals surface area contributed by atoms with E-state index < -0.39 is 16.9 Å². The van der Waals surface area contributed by atoms with E-state index in [0.29, 0.717) is 17.8 Å². The Kier molecular flexibility index (Phi) is 6.62. The van der Waals surface area contributed by atoms with Crippen LogP contribution in [0.2, 0.25) is 0 Å². The van der Waals surface area contributed by atoms with Gasteiger partial charge in [0.15, 0.2) is 0 Å². The third-order valence-corrected chi connectivity index (χ3v) is 2.92. The number of carbonyl (C=O) groups is 2. The van der Waals surface area contributed by atoms with Crippen molar-refractivity contribution in [2.75, 3.05) is 11.4 Å². The Hall–Kier alpha value is -3.01. The highest BCUT2D eigenvalue weighted by molar-refractivity contribution is 5.89. The fourth-order valence-corrected chi connectivity index (χ4v) is 1.99. The molecule has 124 valence electrons. The summed E-state index contributed by atoms with van der Waals surface area (Å²) >= 11 is 0.